The zero-order valence-electron chi connectivity index (χ0n) is 10.5. The van der Waals surface area contributed by atoms with Gasteiger partial charge in [-0.3, -0.25) is 4.79 Å². The number of benzene rings is 2. The maximum atomic E-state index is 13.2. The molecule has 20 heavy (non-hydrogen) atoms. The van der Waals surface area contributed by atoms with E-state index in [-0.39, 0.29) is 22.5 Å². The van der Waals surface area contributed by atoms with Crippen molar-refractivity contribution in [3.8, 4) is 0 Å². The Bertz CT molecular complexity index is 761. The molecule has 2 aromatic carbocycles. The Labute approximate surface area is 113 Å². The Hall–Kier alpha value is -2.56. The summed E-state index contributed by atoms with van der Waals surface area (Å²) in [6.07, 6.45) is 0. The van der Waals surface area contributed by atoms with Crippen molar-refractivity contribution in [3.63, 3.8) is 0 Å². The topological polar surface area (TPSA) is 43.1 Å². The van der Waals surface area contributed by atoms with Crippen LogP contribution in [0.15, 0.2) is 36.4 Å². The van der Waals surface area contributed by atoms with E-state index >= 15 is 0 Å². The number of fused-ring (bicyclic) bond motifs is 1. The van der Waals surface area contributed by atoms with Crippen LogP contribution >= 0.6 is 0 Å². The van der Waals surface area contributed by atoms with Crippen molar-refractivity contribution < 1.29 is 18.3 Å². The Morgan fingerprint density at radius 3 is 2.35 bits per heavy atom. The first-order valence-corrected chi connectivity index (χ1v) is 5.93. The molecule has 0 bridgehead atoms. The summed E-state index contributed by atoms with van der Waals surface area (Å²) >= 11 is 0. The second-order valence-corrected chi connectivity index (χ2v) is 4.65. The number of rotatable bonds is 1. The summed E-state index contributed by atoms with van der Waals surface area (Å²) in [5, 5.41) is 12.2. The van der Waals surface area contributed by atoms with Crippen molar-refractivity contribution in [2.45, 2.75) is 6.92 Å². The number of carbonyl (C=O) groups is 1. The van der Waals surface area contributed by atoms with Gasteiger partial charge in [0, 0.05) is 12.1 Å². The van der Waals surface area contributed by atoms with Crippen molar-refractivity contribution >= 4 is 17.2 Å². The summed E-state index contributed by atoms with van der Waals surface area (Å²) in [4.78, 5) is 12.3. The lowest BCUT2D eigenvalue weighted by atomic mass is 10.0. The van der Waals surface area contributed by atoms with Gasteiger partial charge in [-0.1, -0.05) is 6.07 Å². The van der Waals surface area contributed by atoms with Crippen LogP contribution in [0, 0.1) is 23.8 Å². The van der Waals surface area contributed by atoms with E-state index in [1.54, 1.807) is 19.1 Å². The van der Waals surface area contributed by atoms with Gasteiger partial charge in [0.25, 0.3) is 11.5 Å². The van der Waals surface area contributed by atoms with Gasteiger partial charge in [0.1, 0.15) is 17.2 Å². The molecule has 1 aliphatic rings. The minimum Gasteiger partial charge on any atom is -0.618 e. The molecular weight excluding hydrogens is 264 g/mol. The van der Waals surface area contributed by atoms with Crippen LogP contribution in [-0.2, 0) is 0 Å². The number of hydrogen-bond acceptors (Lipinski definition) is 2. The fourth-order valence-corrected chi connectivity index (χ4v) is 2.29. The Morgan fingerprint density at radius 2 is 1.70 bits per heavy atom. The minimum atomic E-state index is -0.833. The van der Waals surface area contributed by atoms with E-state index in [2.05, 4.69) is 0 Å². The van der Waals surface area contributed by atoms with E-state index < -0.39 is 17.4 Å². The highest BCUT2D eigenvalue weighted by atomic mass is 19.1. The van der Waals surface area contributed by atoms with Crippen LogP contribution in [0.2, 0.25) is 0 Å². The first kappa shape index (κ1) is 12.5. The summed E-state index contributed by atoms with van der Waals surface area (Å²) in [6, 6.07) is 7.45. The predicted octanol–water partition coefficient (Wildman–Crippen LogP) is 3.10. The molecule has 0 atom stereocenters. The second-order valence-electron chi connectivity index (χ2n) is 4.65. The molecule has 0 aliphatic carbocycles. The summed E-state index contributed by atoms with van der Waals surface area (Å²) < 4.78 is 26.9. The molecule has 1 aliphatic heterocycles. The lowest BCUT2D eigenvalue weighted by molar-refractivity contribution is -0.355. The molecule has 0 saturated heterocycles. The molecule has 3 nitrogen and oxygen atoms in total. The van der Waals surface area contributed by atoms with E-state index in [0.29, 0.717) is 10.8 Å². The fraction of sp³-hybridized carbons (Fsp3) is 0.0667. The Balaban J connectivity index is 2.21. The van der Waals surface area contributed by atoms with Gasteiger partial charge in [-0.05, 0) is 30.7 Å². The van der Waals surface area contributed by atoms with Gasteiger partial charge >= 0.3 is 0 Å². The van der Waals surface area contributed by atoms with Gasteiger partial charge in [0.05, 0.1) is 5.56 Å². The van der Waals surface area contributed by atoms with Gasteiger partial charge < -0.3 is 5.21 Å². The molecule has 0 saturated carbocycles. The molecule has 1 heterocycles. The summed E-state index contributed by atoms with van der Waals surface area (Å²) in [5.41, 5.74) is 0.956. The van der Waals surface area contributed by atoms with Crippen LogP contribution in [0.4, 0.5) is 14.5 Å². The van der Waals surface area contributed by atoms with Crippen LogP contribution < -0.4 is 0 Å². The van der Waals surface area contributed by atoms with Gasteiger partial charge in [-0.25, -0.2) is 8.78 Å². The molecule has 0 aromatic heterocycles. The average molecular weight is 273 g/mol. The first-order chi connectivity index (χ1) is 9.47. The van der Waals surface area contributed by atoms with Crippen molar-refractivity contribution in [1.82, 2.24) is 0 Å². The van der Waals surface area contributed by atoms with E-state index in [1.807, 2.05) is 0 Å². The van der Waals surface area contributed by atoms with Crippen LogP contribution in [-0.4, -0.2) is 16.2 Å². The van der Waals surface area contributed by atoms with Gasteiger partial charge in [-0.2, -0.15) is 4.74 Å². The summed E-state index contributed by atoms with van der Waals surface area (Å²) in [5.74, 6) is -2.19. The lowest BCUT2D eigenvalue weighted by Gasteiger charge is -2.02. The highest BCUT2D eigenvalue weighted by Crippen LogP contribution is 2.29. The number of hydrogen-bond donors (Lipinski definition) is 0. The van der Waals surface area contributed by atoms with Crippen molar-refractivity contribution in [3.05, 3.63) is 69.9 Å². The second kappa shape index (κ2) is 4.23. The van der Waals surface area contributed by atoms with Crippen LogP contribution in [0.1, 0.15) is 21.5 Å². The Morgan fingerprint density at radius 1 is 1.05 bits per heavy atom. The standard InChI is InChI=1S/C15H9F2NO2/c1-8-2-3-13-12(4-8)15(19)14(18(13)20)9-5-10(16)7-11(17)6-9/h2-7H,1H3. The molecule has 5 heteroatoms. The molecule has 0 unspecified atom stereocenters. The van der Waals surface area contributed by atoms with Crippen molar-refractivity contribution in [2.24, 2.45) is 0 Å². The van der Waals surface area contributed by atoms with Gasteiger partial charge in [-0.15, -0.1) is 0 Å². The van der Waals surface area contributed by atoms with Gasteiger partial charge in [0.2, 0.25) is 5.69 Å². The third kappa shape index (κ3) is 1.79. The number of halogens is 2. The number of ketones is 1. The summed E-state index contributed by atoms with van der Waals surface area (Å²) in [6.45, 7) is 1.79. The molecule has 0 fully saturated rings. The zero-order chi connectivity index (χ0) is 14.4. The SMILES string of the molecule is Cc1ccc2c(c1)C(=O)C(c1cc(F)cc(F)c1)=[N+]2[O-]. The number of aryl methyl sites for hydroxylation is 1. The molecular formula is C15H9F2NO2. The normalized spacial score (nSPS) is 13.8. The summed E-state index contributed by atoms with van der Waals surface area (Å²) in [7, 11) is 0. The molecule has 2 aromatic rings. The van der Waals surface area contributed by atoms with E-state index in [4.69, 9.17) is 0 Å². The first-order valence-electron chi connectivity index (χ1n) is 5.93. The molecule has 0 amide bonds. The quantitative estimate of drug-likeness (QED) is 0.592. The smallest absolute Gasteiger partial charge is 0.273 e. The highest BCUT2D eigenvalue weighted by Gasteiger charge is 2.36. The molecule has 0 spiro atoms. The molecule has 3 rings (SSSR count). The number of Topliss-reactive ketones (excluding diaryl/α,β-unsaturated/α-hetero) is 1. The van der Waals surface area contributed by atoms with E-state index in [9.17, 15) is 18.8 Å². The zero-order valence-corrected chi connectivity index (χ0v) is 10.5. The van der Waals surface area contributed by atoms with E-state index in [1.165, 1.54) is 6.07 Å². The maximum absolute atomic E-state index is 13.2. The predicted molar refractivity (Wildman–Crippen MR) is 69.3 cm³/mol. The third-order valence-corrected chi connectivity index (χ3v) is 3.17. The monoisotopic (exact) mass is 273 g/mol. The highest BCUT2D eigenvalue weighted by molar-refractivity contribution is 6.52. The van der Waals surface area contributed by atoms with Crippen LogP contribution in [0.3, 0.4) is 0 Å². The van der Waals surface area contributed by atoms with Crippen molar-refractivity contribution in [2.75, 3.05) is 0 Å². The number of carbonyl (C=O) groups excluding carboxylic acids is 1. The average Bonchev–Trinajstić information content (AvgIpc) is 2.60. The molecule has 100 valence electrons. The lowest BCUT2D eigenvalue weighted by Crippen LogP contribution is -2.17. The molecule has 0 N–H and O–H groups in total. The minimum absolute atomic E-state index is 0.0589. The van der Waals surface area contributed by atoms with Crippen LogP contribution in [0.5, 0.6) is 0 Å². The van der Waals surface area contributed by atoms with E-state index in [0.717, 1.165) is 17.7 Å². The van der Waals surface area contributed by atoms with Crippen LogP contribution in [0.25, 0.3) is 0 Å². The fourth-order valence-electron chi connectivity index (χ4n) is 2.29. The largest absolute Gasteiger partial charge is 0.618 e. The Kier molecular flexibility index (Phi) is 2.64. The maximum Gasteiger partial charge on any atom is 0.273 e. The number of nitrogens with zero attached hydrogens (tertiary/aromatic N) is 1. The van der Waals surface area contributed by atoms with Crippen molar-refractivity contribution in [1.29, 1.82) is 0 Å². The molecule has 0 radical (unpaired) electrons. The third-order valence-electron chi connectivity index (χ3n) is 3.17. The van der Waals surface area contributed by atoms with Gasteiger partial charge in [0.15, 0.2) is 0 Å².